The Morgan fingerprint density at radius 3 is 2.12 bits per heavy atom. The summed E-state index contributed by atoms with van der Waals surface area (Å²) in [6, 6.07) is 15.0. The highest BCUT2D eigenvalue weighted by Crippen LogP contribution is 2.42. The molecule has 4 aromatic heterocycles. The predicted octanol–water partition coefficient (Wildman–Crippen LogP) is 7.67. The van der Waals surface area contributed by atoms with Crippen molar-refractivity contribution in [2.45, 2.75) is 84.9 Å². The zero-order valence-corrected chi connectivity index (χ0v) is 34.8. The van der Waals surface area contributed by atoms with Crippen LogP contribution in [0, 0.1) is 27.7 Å². The molecule has 0 saturated carbocycles. The first-order chi connectivity index (χ1) is 26.7. The van der Waals surface area contributed by atoms with Gasteiger partial charge >= 0.3 is 6.09 Å². The van der Waals surface area contributed by atoms with Gasteiger partial charge < -0.3 is 23.5 Å². The molecule has 13 nitrogen and oxygen atoms in total. The molecule has 6 aromatic rings. The number of nitrogens with zero attached hydrogens (tertiary/aromatic N) is 6. The number of likely N-dealkylation sites (tertiary alicyclic amines) is 1. The van der Waals surface area contributed by atoms with Crippen LogP contribution in [0.15, 0.2) is 87.7 Å². The zero-order chi connectivity index (χ0) is 41.3. The van der Waals surface area contributed by atoms with Gasteiger partial charge in [0, 0.05) is 66.7 Å². The third kappa shape index (κ3) is 7.18. The SMILES string of the molecule is Cc1ccc(S(=O)(=O)n2c(-c3cn(C(C)C)nc3C)cc3c(-c4cc(=O)n(C5CN(C(=O)OC(C)(C)C)C5)cc4Oc4c(C)cccc4C)cn(C)c(=O)c32)cc1. The normalized spacial score (nSPS) is 13.7. The van der Waals surface area contributed by atoms with Gasteiger partial charge in [-0.15, -0.1) is 0 Å². The van der Waals surface area contributed by atoms with Crippen molar-refractivity contribution in [3.05, 3.63) is 116 Å². The van der Waals surface area contributed by atoms with Gasteiger partial charge in [-0.2, -0.15) is 5.10 Å². The van der Waals surface area contributed by atoms with E-state index in [0.717, 1.165) is 20.7 Å². The number of hydrogen-bond donors (Lipinski definition) is 0. The molecule has 5 heterocycles. The topological polar surface area (TPSA) is 140 Å². The summed E-state index contributed by atoms with van der Waals surface area (Å²) in [5.41, 5.74) is 3.06. The average molecular weight is 793 g/mol. The van der Waals surface area contributed by atoms with Crippen LogP contribution in [0.1, 0.15) is 69.1 Å². The summed E-state index contributed by atoms with van der Waals surface area (Å²) >= 11 is 0. The first kappa shape index (κ1) is 39.3. The molecule has 1 fully saturated rings. The number of amides is 1. The van der Waals surface area contributed by atoms with E-state index in [1.165, 1.54) is 22.8 Å². The lowest BCUT2D eigenvalue weighted by Gasteiger charge is -2.40. The van der Waals surface area contributed by atoms with Gasteiger partial charge in [0.2, 0.25) is 0 Å². The summed E-state index contributed by atoms with van der Waals surface area (Å²) in [6.07, 6.45) is 4.56. The summed E-state index contributed by atoms with van der Waals surface area (Å²) < 4.78 is 47.6. The lowest BCUT2D eigenvalue weighted by atomic mass is 10.0. The van der Waals surface area contributed by atoms with Crippen LogP contribution in [0.3, 0.4) is 0 Å². The molecule has 0 unspecified atom stereocenters. The number of ether oxygens (including phenoxy) is 2. The van der Waals surface area contributed by atoms with Crippen molar-refractivity contribution in [2.24, 2.45) is 7.05 Å². The molecule has 14 heteroatoms. The molecule has 0 N–H and O–H groups in total. The number of aryl methyl sites for hydroxylation is 5. The van der Waals surface area contributed by atoms with E-state index in [9.17, 15) is 22.8 Å². The molecule has 1 amide bonds. The van der Waals surface area contributed by atoms with E-state index < -0.39 is 27.3 Å². The van der Waals surface area contributed by atoms with Crippen LogP contribution in [-0.2, 0) is 21.8 Å². The minimum Gasteiger partial charge on any atom is -0.455 e. The van der Waals surface area contributed by atoms with E-state index in [4.69, 9.17) is 9.47 Å². The van der Waals surface area contributed by atoms with E-state index in [1.54, 1.807) is 85.7 Å². The van der Waals surface area contributed by atoms with Crippen LogP contribution in [0.5, 0.6) is 11.5 Å². The zero-order valence-electron chi connectivity index (χ0n) is 33.9. The number of aromatic nitrogens is 5. The van der Waals surface area contributed by atoms with Gasteiger partial charge in [0.25, 0.3) is 21.1 Å². The molecule has 7 rings (SSSR count). The Hall–Kier alpha value is -5.89. The number of pyridine rings is 2. The van der Waals surface area contributed by atoms with Crippen molar-refractivity contribution in [1.29, 1.82) is 0 Å². The largest absolute Gasteiger partial charge is 0.455 e. The molecule has 1 saturated heterocycles. The number of hydrogen-bond acceptors (Lipinski definition) is 8. The maximum absolute atomic E-state index is 14.8. The number of para-hydroxylation sites is 1. The second-order valence-electron chi connectivity index (χ2n) is 16.2. The fourth-order valence-corrected chi connectivity index (χ4v) is 8.65. The number of carbonyl (C=O) groups excluding carboxylic acids is 1. The molecule has 0 spiro atoms. The van der Waals surface area contributed by atoms with Gasteiger partial charge in [-0.3, -0.25) is 14.3 Å². The molecule has 57 heavy (non-hydrogen) atoms. The molecule has 298 valence electrons. The molecule has 0 aliphatic carbocycles. The van der Waals surface area contributed by atoms with Gasteiger partial charge in [0.15, 0.2) is 5.75 Å². The minimum atomic E-state index is -4.37. The molecule has 0 radical (unpaired) electrons. The standard InChI is InChI=1S/C43H48N6O7S/c1-25(2)48-23-34(29(6)44-48)36-18-33-35(22-45(10)41(51)39(33)49(36)57(53,54)31-16-14-26(3)15-17-31)32-19-38(50)47(30-20-46(21-30)42(52)56-43(7,8)9)24-37(32)55-40-27(4)12-11-13-28(40)5/h11-19,22-25,30H,20-21H2,1-10H3. The molecule has 0 atom stereocenters. The van der Waals surface area contributed by atoms with Crippen LogP contribution in [0.25, 0.3) is 33.3 Å². The van der Waals surface area contributed by atoms with Gasteiger partial charge in [0.05, 0.1) is 28.5 Å². The molecular formula is C43H48N6O7S. The number of fused-ring (bicyclic) bond motifs is 1. The number of benzene rings is 2. The maximum atomic E-state index is 14.8. The molecule has 2 aromatic carbocycles. The molecular weight excluding hydrogens is 745 g/mol. The highest BCUT2D eigenvalue weighted by molar-refractivity contribution is 7.90. The Bertz CT molecular complexity index is 2780. The average Bonchev–Trinajstić information content (AvgIpc) is 3.70. The van der Waals surface area contributed by atoms with E-state index in [0.29, 0.717) is 39.3 Å². The van der Waals surface area contributed by atoms with E-state index in [-0.39, 0.29) is 46.8 Å². The van der Waals surface area contributed by atoms with Crippen LogP contribution in [-0.4, -0.2) is 61.0 Å². The van der Waals surface area contributed by atoms with Gasteiger partial charge in [-0.1, -0.05) is 35.9 Å². The Labute approximate surface area is 331 Å². The summed E-state index contributed by atoms with van der Waals surface area (Å²) in [6.45, 7) is 17.4. The Balaban J connectivity index is 1.49. The summed E-state index contributed by atoms with van der Waals surface area (Å²) in [5.74, 6) is 0.896. The van der Waals surface area contributed by atoms with Crippen molar-refractivity contribution in [2.75, 3.05) is 13.1 Å². The minimum absolute atomic E-state index is 0.00998. The third-order valence-corrected chi connectivity index (χ3v) is 12.0. The van der Waals surface area contributed by atoms with E-state index >= 15 is 0 Å². The fourth-order valence-electron chi connectivity index (χ4n) is 7.14. The number of carbonyl (C=O) groups is 1. The van der Waals surface area contributed by atoms with Crippen molar-refractivity contribution in [3.8, 4) is 33.9 Å². The quantitative estimate of drug-likeness (QED) is 0.153. The van der Waals surface area contributed by atoms with E-state index in [2.05, 4.69) is 5.10 Å². The Morgan fingerprint density at radius 1 is 0.877 bits per heavy atom. The summed E-state index contributed by atoms with van der Waals surface area (Å²) in [7, 11) is -2.82. The second-order valence-corrected chi connectivity index (χ2v) is 18.0. The predicted molar refractivity (Wildman–Crippen MR) is 220 cm³/mol. The second kappa shape index (κ2) is 14.2. The smallest absolute Gasteiger partial charge is 0.410 e. The van der Waals surface area contributed by atoms with Crippen LogP contribution >= 0.6 is 0 Å². The monoisotopic (exact) mass is 792 g/mol. The van der Waals surface area contributed by atoms with Crippen molar-refractivity contribution >= 4 is 27.0 Å². The highest BCUT2D eigenvalue weighted by Gasteiger charge is 2.36. The van der Waals surface area contributed by atoms with Gasteiger partial charge in [-0.05, 0) is 91.6 Å². The molecule has 0 bridgehead atoms. The van der Waals surface area contributed by atoms with Crippen LogP contribution < -0.4 is 15.9 Å². The number of rotatable bonds is 8. The molecule has 1 aliphatic rings. The Kier molecular flexibility index (Phi) is 9.83. The fraction of sp³-hybridized carbons (Fsp3) is 0.349. The first-order valence-electron chi connectivity index (χ1n) is 18.9. The van der Waals surface area contributed by atoms with Crippen molar-refractivity contribution in [3.63, 3.8) is 0 Å². The lowest BCUT2D eigenvalue weighted by Crippen LogP contribution is -2.53. The van der Waals surface area contributed by atoms with Crippen LogP contribution in [0.4, 0.5) is 4.79 Å². The van der Waals surface area contributed by atoms with E-state index in [1.807, 2.05) is 52.8 Å². The first-order valence-corrected chi connectivity index (χ1v) is 20.3. The van der Waals surface area contributed by atoms with Crippen molar-refractivity contribution in [1.82, 2.24) is 27.8 Å². The summed E-state index contributed by atoms with van der Waals surface area (Å²) in [4.78, 5) is 42.8. The van der Waals surface area contributed by atoms with Crippen LogP contribution in [0.2, 0.25) is 0 Å². The maximum Gasteiger partial charge on any atom is 0.410 e. The Morgan fingerprint density at radius 2 is 1.53 bits per heavy atom. The van der Waals surface area contributed by atoms with Crippen molar-refractivity contribution < 1.29 is 22.7 Å². The molecule has 1 aliphatic heterocycles. The van der Waals surface area contributed by atoms with Gasteiger partial charge in [-0.25, -0.2) is 17.2 Å². The van der Waals surface area contributed by atoms with Gasteiger partial charge in [0.1, 0.15) is 16.9 Å². The summed E-state index contributed by atoms with van der Waals surface area (Å²) in [5, 5.41) is 4.98. The highest BCUT2D eigenvalue weighted by atomic mass is 32.2. The third-order valence-electron chi connectivity index (χ3n) is 10.2. The lowest BCUT2D eigenvalue weighted by molar-refractivity contribution is 0.000617.